The molecule has 10 atom stereocenters. The van der Waals surface area contributed by atoms with Crippen LogP contribution in [0.25, 0.3) is 0 Å². The molecule has 2 aliphatic rings. The van der Waals surface area contributed by atoms with Crippen LogP contribution in [0, 0.1) is 5.92 Å². The summed E-state index contributed by atoms with van der Waals surface area (Å²) in [6, 6.07) is -0.998. The Morgan fingerprint density at radius 1 is 0.966 bits per heavy atom. The number of aliphatic hydroxyl groups is 6. The van der Waals surface area contributed by atoms with Gasteiger partial charge in [0.15, 0.2) is 6.29 Å². The van der Waals surface area contributed by atoms with Crippen molar-refractivity contribution < 1.29 is 49.6 Å². The molecule has 0 spiro atoms. The zero-order chi connectivity index (χ0) is 21.7. The van der Waals surface area contributed by atoms with Gasteiger partial charge in [0.25, 0.3) is 0 Å². The molecule has 11 nitrogen and oxygen atoms in total. The lowest BCUT2D eigenvalue weighted by molar-refractivity contribution is -0.324. The molecule has 0 aromatic carbocycles. The van der Waals surface area contributed by atoms with Crippen molar-refractivity contribution in [3.05, 3.63) is 0 Å². The minimum Gasteiger partial charge on any atom is -0.396 e. The lowest BCUT2D eigenvalue weighted by Gasteiger charge is -2.48. The summed E-state index contributed by atoms with van der Waals surface area (Å²) in [5, 5.41) is 62.2. The van der Waals surface area contributed by atoms with Crippen LogP contribution in [0.3, 0.4) is 0 Å². The monoisotopic (exact) mass is 423 g/mol. The van der Waals surface area contributed by atoms with E-state index in [9.17, 15) is 30.3 Å². The normalized spacial score (nSPS) is 43.2. The van der Waals surface area contributed by atoms with E-state index < -0.39 is 80.1 Å². The van der Waals surface area contributed by atoms with Crippen LogP contribution in [0.4, 0.5) is 0 Å². The zero-order valence-corrected chi connectivity index (χ0v) is 16.6. The number of rotatable bonds is 8. The van der Waals surface area contributed by atoms with Gasteiger partial charge < -0.3 is 50.2 Å². The second-order valence-electron chi connectivity index (χ2n) is 7.64. The quantitative estimate of drug-likeness (QED) is 0.211. The summed E-state index contributed by atoms with van der Waals surface area (Å²) < 4.78 is 17.1. The summed E-state index contributed by atoms with van der Waals surface area (Å²) in [4.78, 5) is 11.7. The van der Waals surface area contributed by atoms with E-state index in [1.807, 2.05) is 0 Å². The van der Waals surface area contributed by atoms with E-state index in [2.05, 4.69) is 5.32 Å². The number of amides is 1. The molecule has 0 aliphatic carbocycles. The van der Waals surface area contributed by atoms with Gasteiger partial charge in [-0.2, -0.15) is 0 Å². The Labute approximate surface area is 169 Å². The van der Waals surface area contributed by atoms with Gasteiger partial charge in [0, 0.05) is 19.4 Å². The largest absolute Gasteiger partial charge is 0.396 e. The average molecular weight is 423 g/mol. The number of ether oxygens (including phenoxy) is 3. The Hall–Kier alpha value is -0.890. The highest BCUT2D eigenvalue weighted by Gasteiger charge is 2.50. The molecule has 0 radical (unpaired) electrons. The standard InChI is InChI=1S/C18H33NO10/c1-8-11(6-21)28-18(16(26)14(8)24)29-17-12(7-22)27-10(4-3-5-20)15(25)13(17)19-9(2)23/h8,10-18,20-22,24-26H,3-7H2,1-2H3,(H,19,23)/t8-,10?,11-,12-,13+,14+,15-,16-,17-,18?/m1/s1. The summed E-state index contributed by atoms with van der Waals surface area (Å²) in [5.74, 6) is -1.00. The molecule has 2 fully saturated rings. The van der Waals surface area contributed by atoms with Crippen molar-refractivity contribution in [2.75, 3.05) is 19.8 Å². The van der Waals surface area contributed by atoms with E-state index in [1.165, 1.54) is 6.92 Å². The second kappa shape index (κ2) is 10.9. The van der Waals surface area contributed by atoms with Crippen LogP contribution in [0.2, 0.25) is 0 Å². The van der Waals surface area contributed by atoms with E-state index >= 15 is 0 Å². The molecule has 2 aliphatic heterocycles. The molecule has 29 heavy (non-hydrogen) atoms. The number of carbonyl (C=O) groups excluding carboxylic acids is 1. The summed E-state index contributed by atoms with van der Waals surface area (Å²) >= 11 is 0. The Kier molecular flexibility index (Phi) is 9.19. The lowest BCUT2D eigenvalue weighted by Crippen LogP contribution is -2.67. The van der Waals surface area contributed by atoms with Crippen LogP contribution in [-0.4, -0.2) is 111 Å². The van der Waals surface area contributed by atoms with Crippen molar-refractivity contribution >= 4 is 5.91 Å². The first-order chi connectivity index (χ1) is 13.7. The fourth-order valence-electron chi connectivity index (χ4n) is 3.84. The Morgan fingerprint density at radius 3 is 2.17 bits per heavy atom. The van der Waals surface area contributed by atoms with Crippen LogP contribution in [0.5, 0.6) is 0 Å². The van der Waals surface area contributed by atoms with Crippen LogP contribution in [-0.2, 0) is 19.0 Å². The van der Waals surface area contributed by atoms with Crippen molar-refractivity contribution in [3.63, 3.8) is 0 Å². The Balaban J connectivity index is 2.23. The summed E-state index contributed by atoms with van der Waals surface area (Å²) in [7, 11) is 0. The Morgan fingerprint density at radius 2 is 1.62 bits per heavy atom. The van der Waals surface area contributed by atoms with Crippen LogP contribution in [0.15, 0.2) is 0 Å². The predicted octanol–water partition coefficient (Wildman–Crippen LogP) is -3.16. The summed E-state index contributed by atoms with van der Waals surface area (Å²) in [6.45, 7) is 1.85. The highest BCUT2D eigenvalue weighted by molar-refractivity contribution is 5.73. The first kappa shape index (κ1) is 24.4. The molecule has 0 aromatic rings. The molecule has 1 amide bonds. The van der Waals surface area contributed by atoms with Gasteiger partial charge in [-0.3, -0.25) is 4.79 Å². The molecule has 0 saturated carbocycles. The Bertz CT molecular complexity index is 521. The number of nitrogens with one attached hydrogen (secondary N) is 1. The maximum atomic E-state index is 11.7. The molecule has 2 saturated heterocycles. The minimum atomic E-state index is -1.45. The van der Waals surface area contributed by atoms with Crippen LogP contribution < -0.4 is 5.32 Å². The second-order valence-corrected chi connectivity index (χ2v) is 7.64. The molecular weight excluding hydrogens is 390 g/mol. The number of hydrogen-bond acceptors (Lipinski definition) is 10. The van der Waals surface area contributed by atoms with Gasteiger partial charge in [-0.05, 0) is 12.8 Å². The first-order valence-electron chi connectivity index (χ1n) is 9.85. The van der Waals surface area contributed by atoms with Gasteiger partial charge in [0.05, 0.1) is 37.6 Å². The zero-order valence-electron chi connectivity index (χ0n) is 16.6. The fraction of sp³-hybridized carbons (Fsp3) is 0.944. The summed E-state index contributed by atoms with van der Waals surface area (Å²) in [5.41, 5.74) is 0. The van der Waals surface area contributed by atoms with Gasteiger partial charge in [-0.25, -0.2) is 0 Å². The van der Waals surface area contributed by atoms with Gasteiger partial charge in [-0.15, -0.1) is 0 Å². The number of hydrogen-bond donors (Lipinski definition) is 7. The smallest absolute Gasteiger partial charge is 0.217 e. The van der Waals surface area contributed by atoms with Crippen molar-refractivity contribution in [3.8, 4) is 0 Å². The molecule has 2 heterocycles. The fourth-order valence-corrected chi connectivity index (χ4v) is 3.84. The van der Waals surface area contributed by atoms with Crippen LogP contribution in [0.1, 0.15) is 26.7 Å². The maximum absolute atomic E-state index is 11.7. The predicted molar refractivity (Wildman–Crippen MR) is 97.5 cm³/mol. The number of aliphatic hydroxyl groups excluding tert-OH is 6. The number of carbonyl (C=O) groups is 1. The van der Waals surface area contributed by atoms with Crippen molar-refractivity contribution in [2.45, 2.75) is 81.7 Å². The van der Waals surface area contributed by atoms with Crippen molar-refractivity contribution in [1.82, 2.24) is 5.32 Å². The molecular formula is C18H33NO10. The third-order valence-corrected chi connectivity index (χ3v) is 5.55. The highest BCUT2D eigenvalue weighted by atomic mass is 16.7. The van der Waals surface area contributed by atoms with Gasteiger partial charge >= 0.3 is 0 Å². The minimum absolute atomic E-state index is 0.109. The lowest BCUT2D eigenvalue weighted by atomic mass is 9.89. The van der Waals surface area contributed by atoms with E-state index in [4.69, 9.17) is 19.3 Å². The van der Waals surface area contributed by atoms with E-state index in [-0.39, 0.29) is 6.61 Å². The van der Waals surface area contributed by atoms with E-state index in [1.54, 1.807) is 6.92 Å². The SMILES string of the molecule is CC(=O)N[C@@H]1[C@H](OC2O[C@H](CO)[C@@H](C)[C@H](O)[C@H]2O)[C@@H](CO)OC(CCCO)[C@H]1O. The van der Waals surface area contributed by atoms with E-state index in [0.717, 1.165) is 0 Å². The van der Waals surface area contributed by atoms with Gasteiger partial charge in [0.1, 0.15) is 24.4 Å². The third-order valence-electron chi connectivity index (χ3n) is 5.55. The molecule has 0 bridgehead atoms. The molecule has 7 N–H and O–H groups in total. The van der Waals surface area contributed by atoms with E-state index in [0.29, 0.717) is 12.8 Å². The molecule has 0 aromatic heterocycles. The van der Waals surface area contributed by atoms with Crippen molar-refractivity contribution in [2.24, 2.45) is 5.92 Å². The average Bonchev–Trinajstić information content (AvgIpc) is 2.69. The first-order valence-corrected chi connectivity index (χ1v) is 9.85. The molecule has 11 heteroatoms. The molecule has 2 unspecified atom stereocenters. The van der Waals surface area contributed by atoms with Crippen molar-refractivity contribution in [1.29, 1.82) is 0 Å². The topological polar surface area (TPSA) is 178 Å². The van der Waals surface area contributed by atoms with Gasteiger partial charge in [-0.1, -0.05) is 6.92 Å². The van der Waals surface area contributed by atoms with Crippen LogP contribution >= 0.6 is 0 Å². The maximum Gasteiger partial charge on any atom is 0.217 e. The molecule has 170 valence electrons. The highest BCUT2D eigenvalue weighted by Crippen LogP contribution is 2.32. The van der Waals surface area contributed by atoms with Gasteiger partial charge in [0.2, 0.25) is 5.91 Å². The summed E-state index contributed by atoms with van der Waals surface area (Å²) in [6.07, 6.45) is -8.26. The third kappa shape index (κ3) is 5.63. The molecule has 2 rings (SSSR count).